The molecule has 0 unspecified atom stereocenters. The summed E-state index contributed by atoms with van der Waals surface area (Å²) in [5, 5.41) is 21.3. The third kappa shape index (κ3) is 4.38. The zero-order valence-corrected chi connectivity index (χ0v) is 13.5. The molecular formula is C15H11N5O4S. The third-order valence-corrected chi connectivity index (χ3v) is 3.84. The summed E-state index contributed by atoms with van der Waals surface area (Å²) in [6.07, 6.45) is 3.16. The van der Waals surface area contributed by atoms with Crippen molar-refractivity contribution in [3.05, 3.63) is 58.9 Å². The molecule has 2 aromatic heterocycles. The number of pyridine rings is 1. The number of benzene rings is 1. The minimum Gasteiger partial charge on any atom is -0.411 e. The van der Waals surface area contributed by atoms with Crippen molar-refractivity contribution in [2.24, 2.45) is 0 Å². The number of nitro benzene ring substituents is 1. The number of non-ortho nitro benzene ring substituents is 1. The van der Waals surface area contributed by atoms with Crippen LogP contribution in [-0.2, 0) is 4.79 Å². The number of nitrogens with one attached hydrogen (secondary N) is 1. The van der Waals surface area contributed by atoms with Crippen LogP contribution in [0.4, 0.5) is 11.4 Å². The van der Waals surface area contributed by atoms with Crippen LogP contribution >= 0.6 is 11.8 Å². The molecule has 0 radical (unpaired) electrons. The van der Waals surface area contributed by atoms with Crippen molar-refractivity contribution in [3.8, 4) is 11.5 Å². The van der Waals surface area contributed by atoms with Gasteiger partial charge in [0.25, 0.3) is 10.9 Å². The summed E-state index contributed by atoms with van der Waals surface area (Å²) in [7, 11) is 0. The fourth-order valence-corrected chi connectivity index (χ4v) is 2.43. The van der Waals surface area contributed by atoms with Crippen molar-refractivity contribution >= 4 is 29.0 Å². The molecule has 0 bridgehead atoms. The molecule has 25 heavy (non-hydrogen) atoms. The number of nitro groups is 1. The van der Waals surface area contributed by atoms with Gasteiger partial charge in [0, 0.05) is 35.8 Å². The maximum absolute atomic E-state index is 11.9. The monoisotopic (exact) mass is 357 g/mol. The summed E-state index contributed by atoms with van der Waals surface area (Å²) in [6, 6.07) is 9.12. The molecule has 0 aliphatic heterocycles. The van der Waals surface area contributed by atoms with Gasteiger partial charge in [-0.2, -0.15) is 0 Å². The number of carbonyl (C=O) groups excluding carboxylic acids is 1. The summed E-state index contributed by atoms with van der Waals surface area (Å²) >= 11 is 1.10. The lowest BCUT2D eigenvalue weighted by Crippen LogP contribution is -2.13. The molecular weight excluding hydrogens is 346 g/mol. The Morgan fingerprint density at radius 3 is 2.56 bits per heavy atom. The van der Waals surface area contributed by atoms with Gasteiger partial charge in [-0.05, 0) is 24.3 Å². The van der Waals surface area contributed by atoms with E-state index < -0.39 is 4.92 Å². The molecule has 1 amide bonds. The number of thioether (sulfide) groups is 1. The van der Waals surface area contributed by atoms with E-state index in [4.69, 9.17) is 4.42 Å². The predicted octanol–water partition coefficient (Wildman–Crippen LogP) is 2.77. The average molecular weight is 357 g/mol. The maximum Gasteiger partial charge on any atom is 0.277 e. The van der Waals surface area contributed by atoms with Crippen LogP contribution in [0.3, 0.4) is 0 Å². The fraction of sp³-hybridized carbons (Fsp3) is 0.0667. The number of anilines is 1. The van der Waals surface area contributed by atoms with Crippen LogP contribution < -0.4 is 5.32 Å². The van der Waals surface area contributed by atoms with Gasteiger partial charge in [0.2, 0.25) is 11.8 Å². The van der Waals surface area contributed by atoms with Crippen molar-refractivity contribution in [2.45, 2.75) is 5.22 Å². The molecule has 0 saturated carbocycles. The number of amides is 1. The molecule has 0 atom stereocenters. The van der Waals surface area contributed by atoms with Gasteiger partial charge in [0.05, 0.1) is 10.7 Å². The van der Waals surface area contributed by atoms with Gasteiger partial charge in [-0.1, -0.05) is 11.8 Å². The first-order valence-corrected chi connectivity index (χ1v) is 8.01. The summed E-state index contributed by atoms with van der Waals surface area (Å²) in [4.78, 5) is 25.9. The minimum atomic E-state index is -0.486. The average Bonchev–Trinajstić information content (AvgIpc) is 3.10. The van der Waals surface area contributed by atoms with Crippen LogP contribution in [0.15, 0.2) is 58.4 Å². The number of hydrogen-bond acceptors (Lipinski definition) is 8. The first-order valence-electron chi connectivity index (χ1n) is 7.03. The predicted molar refractivity (Wildman–Crippen MR) is 90.0 cm³/mol. The van der Waals surface area contributed by atoms with E-state index in [0.29, 0.717) is 11.3 Å². The van der Waals surface area contributed by atoms with Crippen LogP contribution in [-0.4, -0.2) is 31.8 Å². The number of nitrogens with zero attached hydrogens (tertiary/aromatic N) is 4. The second-order valence-electron chi connectivity index (χ2n) is 4.75. The highest BCUT2D eigenvalue weighted by atomic mass is 32.2. The summed E-state index contributed by atoms with van der Waals surface area (Å²) in [5.41, 5.74) is 1.19. The van der Waals surface area contributed by atoms with E-state index in [9.17, 15) is 14.9 Å². The van der Waals surface area contributed by atoms with E-state index in [1.165, 1.54) is 24.3 Å². The zero-order valence-electron chi connectivity index (χ0n) is 12.7. The molecule has 1 N–H and O–H groups in total. The van der Waals surface area contributed by atoms with Gasteiger partial charge in [0.15, 0.2) is 0 Å². The molecule has 126 valence electrons. The standard InChI is InChI=1S/C15H11N5O4S/c21-13(17-11-5-7-16-8-6-11)9-25-15-19-18-14(24-15)10-1-3-12(4-2-10)20(22)23/h1-8H,9H2,(H,16,17,21). The first kappa shape index (κ1) is 16.6. The van der Waals surface area contributed by atoms with E-state index in [-0.39, 0.29) is 28.5 Å². The van der Waals surface area contributed by atoms with Crippen LogP contribution in [0.2, 0.25) is 0 Å². The summed E-state index contributed by atoms with van der Waals surface area (Å²) < 4.78 is 5.45. The molecule has 0 spiro atoms. The van der Waals surface area contributed by atoms with E-state index >= 15 is 0 Å². The molecule has 3 aromatic rings. The Morgan fingerprint density at radius 1 is 1.16 bits per heavy atom. The van der Waals surface area contributed by atoms with E-state index in [2.05, 4.69) is 20.5 Å². The normalized spacial score (nSPS) is 10.4. The highest BCUT2D eigenvalue weighted by Gasteiger charge is 2.13. The van der Waals surface area contributed by atoms with Crippen molar-refractivity contribution in [1.82, 2.24) is 15.2 Å². The Bertz CT molecular complexity index is 882. The highest BCUT2D eigenvalue weighted by molar-refractivity contribution is 7.99. The van der Waals surface area contributed by atoms with Gasteiger partial charge in [0.1, 0.15) is 0 Å². The Balaban J connectivity index is 1.58. The zero-order chi connectivity index (χ0) is 17.6. The lowest BCUT2D eigenvalue weighted by molar-refractivity contribution is -0.384. The molecule has 1 aromatic carbocycles. The van der Waals surface area contributed by atoms with Crippen LogP contribution in [0.25, 0.3) is 11.5 Å². The molecule has 0 aliphatic carbocycles. The van der Waals surface area contributed by atoms with Gasteiger partial charge < -0.3 is 9.73 Å². The summed E-state index contributed by atoms with van der Waals surface area (Å²) in [6.45, 7) is 0. The van der Waals surface area contributed by atoms with Crippen LogP contribution in [0.5, 0.6) is 0 Å². The lowest BCUT2D eigenvalue weighted by Gasteiger charge is -2.02. The second kappa shape index (κ2) is 7.53. The molecule has 0 aliphatic rings. The number of hydrogen-bond donors (Lipinski definition) is 1. The van der Waals surface area contributed by atoms with Gasteiger partial charge in [-0.3, -0.25) is 19.9 Å². The lowest BCUT2D eigenvalue weighted by atomic mass is 10.2. The number of rotatable bonds is 6. The molecule has 10 heteroatoms. The molecule has 0 fully saturated rings. The Morgan fingerprint density at radius 2 is 1.88 bits per heavy atom. The maximum atomic E-state index is 11.9. The van der Waals surface area contributed by atoms with Crippen LogP contribution in [0.1, 0.15) is 0 Å². The van der Waals surface area contributed by atoms with Crippen molar-refractivity contribution in [3.63, 3.8) is 0 Å². The van der Waals surface area contributed by atoms with Gasteiger partial charge >= 0.3 is 0 Å². The van der Waals surface area contributed by atoms with Crippen LogP contribution in [0, 0.1) is 10.1 Å². The Hall–Kier alpha value is -3.27. The molecule has 3 rings (SSSR count). The second-order valence-corrected chi connectivity index (χ2v) is 5.68. The number of aromatic nitrogens is 3. The van der Waals surface area contributed by atoms with E-state index in [1.807, 2.05) is 0 Å². The van der Waals surface area contributed by atoms with Crippen molar-refractivity contribution in [1.29, 1.82) is 0 Å². The number of carbonyl (C=O) groups is 1. The first-order chi connectivity index (χ1) is 12.1. The van der Waals surface area contributed by atoms with Gasteiger partial charge in [-0.15, -0.1) is 10.2 Å². The Kier molecular flexibility index (Phi) is 5.00. The minimum absolute atomic E-state index is 0.0225. The topological polar surface area (TPSA) is 124 Å². The third-order valence-electron chi connectivity index (χ3n) is 3.02. The van der Waals surface area contributed by atoms with Gasteiger partial charge in [-0.25, -0.2) is 0 Å². The van der Waals surface area contributed by atoms with E-state index in [0.717, 1.165) is 11.8 Å². The fourth-order valence-electron chi connectivity index (χ4n) is 1.87. The molecule has 2 heterocycles. The highest BCUT2D eigenvalue weighted by Crippen LogP contribution is 2.24. The van der Waals surface area contributed by atoms with E-state index in [1.54, 1.807) is 24.5 Å². The van der Waals surface area contributed by atoms with Crippen molar-refractivity contribution in [2.75, 3.05) is 11.1 Å². The SMILES string of the molecule is O=C(CSc1nnc(-c2ccc([N+](=O)[O-])cc2)o1)Nc1ccncc1. The largest absolute Gasteiger partial charge is 0.411 e. The smallest absolute Gasteiger partial charge is 0.277 e. The van der Waals surface area contributed by atoms with Crippen molar-refractivity contribution < 1.29 is 14.1 Å². The Labute approximate surface area is 145 Å². The summed E-state index contributed by atoms with van der Waals surface area (Å²) in [5.74, 6) is 0.114. The molecule has 9 nitrogen and oxygen atoms in total. The quantitative estimate of drug-likeness (QED) is 0.406. The molecule has 0 saturated heterocycles.